The van der Waals surface area contributed by atoms with Crippen LogP contribution in [0.25, 0.3) is 0 Å². The van der Waals surface area contributed by atoms with Gasteiger partial charge in [-0.15, -0.1) is 11.3 Å². The summed E-state index contributed by atoms with van der Waals surface area (Å²) >= 11 is 4.68. The summed E-state index contributed by atoms with van der Waals surface area (Å²) in [6, 6.07) is 1.84. The van der Waals surface area contributed by atoms with Crippen molar-refractivity contribution in [3.8, 4) is 0 Å². The second-order valence-electron chi connectivity index (χ2n) is 2.71. The van der Waals surface area contributed by atoms with E-state index in [1.165, 1.54) is 25.6 Å². The minimum absolute atomic E-state index is 0.129. The van der Waals surface area contributed by atoms with Gasteiger partial charge in [0.1, 0.15) is 4.88 Å². The molecule has 1 aromatic rings. The molecule has 0 spiro atoms. The Bertz CT molecular complexity index is 325. The Morgan fingerprint density at radius 2 is 2.27 bits per heavy atom. The molecule has 0 fully saturated rings. The fraction of sp³-hybridized carbons (Fsp3) is 0.444. The zero-order valence-electron chi connectivity index (χ0n) is 8.45. The molecule has 6 heteroatoms. The largest absolute Gasteiger partial charge is 0.354 e. The van der Waals surface area contributed by atoms with Crippen molar-refractivity contribution in [2.75, 3.05) is 20.8 Å². The molecule has 84 valence electrons. The van der Waals surface area contributed by atoms with Crippen LogP contribution in [0.15, 0.2) is 15.9 Å². The van der Waals surface area contributed by atoms with Gasteiger partial charge in [-0.1, -0.05) is 0 Å². The van der Waals surface area contributed by atoms with E-state index in [0.717, 1.165) is 4.47 Å². The van der Waals surface area contributed by atoms with Crippen LogP contribution in [0.5, 0.6) is 0 Å². The zero-order valence-corrected chi connectivity index (χ0v) is 10.9. The third kappa shape index (κ3) is 3.57. The molecule has 1 N–H and O–H groups in total. The number of amides is 1. The van der Waals surface area contributed by atoms with Crippen LogP contribution in [0.2, 0.25) is 0 Å². The summed E-state index contributed by atoms with van der Waals surface area (Å²) in [5.41, 5.74) is 0. The lowest BCUT2D eigenvalue weighted by molar-refractivity contribution is -0.0974. The van der Waals surface area contributed by atoms with Gasteiger partial charge in [0.15, 0.2) is 6.29 Å². The summed E-state index contributed by atoms with van der Waals surface area (Å²) in [5.74, 6) is -0.129. The third-order valence-electron chi connectivity index (χ3n) is 1.78. The standard InChI is InChI=1S/C9H12BrNO3S/c1-13-7(14-2)5-11-9(12)8-6(10)3-4-15-8/h3-4,7H,5H2,1-2H3,(H,11,12). The Kier molecular flexibility index (Phi) is 5.24. The molecule has 0 radical (unpaired) electrons. The normalized spacial score (nSPS) is 10.7. The average molecular weight is 294 g/mol. The zero-order chi connectivity index (χ0) is 11.3. The first kappa shape index (κ1) is 12.6. The van der Waals surface area contributed by atoms with Crippen molar-refractivity contribution in [1.82, 2.24) is 5.32 Å². The molecule has 0 unspecified atom stereocenters. The molecule has 0 saturated carbocycles. The van der Waals surface area contributed by atoms with Gasteiger partial charge in [-0.25, -0.2) is 0 Å². The first-order chi connectivity index (χ1) is 7.19. The fourth-order valence-corrected chi connectivity index (χ4v) is 2.44. The topological polar surface area (TPSA) is 47.6 Å². The minimum atomic E-state index is -0.410. The molecule has 1 heterocycles. The number of hydrogen-bond donors (Lipinski definition) is 1. The molecule has 1 rings (SSSR count). The number of methoxy groups -OCH3 is 2. The van der Waals surface area contributed by atoms with Crippen molar-refractivity contribution in [2.24, 2.45) is 0 Å². The number of hydrogen-bond acceptors (Lipinski definition) is 4. The molecule has 4 nitrogen and oxygen atoms in total. The number of ether oxygens (including phenoxy) is 2. The van der Waals surface area contributed by atoms with Crippen molar-refractivity contribution in [2.45, 2.75) is 6.29 Å². The molecular weight excluding hydrogens is 282 g/mol. The van der Waals surface area contributed by atoms with Crippen molar-refractivity contribution >= 4 is 33.2 Å². The first-order valence-corrected chi connectivity index (χ1v) is 5.93. The molecule has 0 bridgehead atoms. The maximum absolute atomic E-state index is 11.6. The van der Waals surface area contributed by atoms with E-state index in [-0.39, 0.29) is 5.91 Å². The number of carbonyl (C=O) groups is 1. The van der Waals surface area contributed by atoms with Gasteiger partial charge < -0.3 is 14.8 Å². The van der Waals surface area contributed by atoms with E-state index in [1.54, 1.807) is 0 Å². The van der Waals surface area contributed by atoms with Crippen LogP contribution in [-0.4, -0.2) is 33.0 Å². The maximum Gasteiger partial charge on any atom is 0.262 e. The van der Waals surface area contributed by atoms with E-state index in [4.69, 9.17) is 9.47 Å². The van der Waals surface area contributed by atoms with Gasteiger partial charge in [-0.3, -0.25) is 4.79 Å². The van der Waals surface area contributed by atoms with Crippen molar-refractivity contribution < 1.29 is 14.3 Å². The predicted octanol–water partition coefficient (Wildman–Crippen LogP) is 1.86. The third-order valence-corrected chi connectivity index (χ3v) is 3.61. The van der Waals surface area contributed by atoms with E-state index in [2.05, 4.69) is 21.2 Å². The fourth-order valence-electron chi connectivity index (χ4n) is 0.975. The Labute approximate surface area is 101 Å². The van der Waals surface area contributed by atoms with Gasteiger partial charge >= 0.3 is 0 Å². The van der Waals surface area contributed by atoms with Gasteiger partial charge in [0.05, 0.1) is 6.54 Å². The van der Waals surface area contributed by atoms with Crippen LogP contribution in [0.3, 0.4) is 0 Å². The molecule has 0 aromatic carbocycles. The van der Waals surface area contributed by atoms with Gasteiger partial charge in [0.25, 0.3) is 5.91 Å². The number of rotatable bonds is 5. The quantitative estimate of drug-likeness (QED) is 0.843. The monoisotopic (exact) mass is 293 g/mol. The van der Waals surface area contributed by atoms with Crippen LogP contribution in [0.1, 0.15) is 9.67 Å². The Balaban J connectivity index is 2.47. The van der Waals surface area contributed by atoms with Crippen LogP contribution >= 0.6 is 27.3 Å². The van der Waals surface area contributed by atoms with E-state index in [9.17, 15) is 4.79 Å². The second-order valence-corrected chi connectivity index (χ2v) is 4.48. The summed E-state index contributed by atoms with van der Waals surface area (Å²) in [6.45, 7) is 0.330. The summed E-state index contributed by atoms with van der Waals surface area (Å²) < 4.78 is 10.7. The lowest BCUT2D eigenvalue weighted by atomic mass is 10.4. The minimum Gasteiger partial charge on any atom is -0.354 e. The summed E-state index contributed by atoms with van der Waals surface area (Å²) in [4.78, 5) is 12.3. The van der Waals surface area contributed by atoms with E-state index >= 15 is 0 Å². The lowest BCUT2D eigenvalue weighted by Gasteiger charge is -2.13. The summed E-state index contributed by atoms with van der Waals surface area (Å²) in [7, 11) is 3.06. The Morgan fingerprint density at radius 1 is 1.60 bits per heavy atom. The first-order valence-electron chi connectivity index (χ1n) is 4.25. The molecular formula is C9H12BrNO3S. The molecule has 0 aliphatic rings. The number of halogens is 1. The van der Waals surface area contributed by atoms with Crippen molar-refractivity contribution in [1.29, 1.82) is 0 Å². The van der Waals surface area contributed by atoms with Crippen LogP contribution in [0.4, 0.5) is 0 Å². The summed E-state index contributed by atoms with van der Waals surface area (Å²) in [6.07, 6.45) is -0.410. The van der Waals surface area contributed by atoms with E-state index in [0.29, 0.717) is 11.4 Å². The van der Waals surface area contributed by atoms with Crippen LogP contribution < -0.4 is 5.32 Å². The van der Waals surface area contributed by atoms with Gasteiger partial charge in [0.2, 0.25) is 0 Å². The molecule has 1 amide bonds. The molecule has 0 saturated heterocycles. The van der Waals surface area contributed by atoms with Gasteiger partial charge in [-0.05, 0) is 27.4 Å². The predicted molar refractivity (Wildman–Crippen MR) is 62.2 cm³/mol. The highest BCUT2D eigenvalue weighted by molar-refractivity contribution is 9.10. The lowest BCUT2D eigenvalue weighted by Crippen LogP contribution is -2.33. The van der Waals surface area contributed by atoms with Crippen LogP contribution in [0, 0.1) is 0 Å². The highest BCUT2D eigenvalue weighted by Gasteiger charge is 2.13. The molecule has 0 atom stereocenters. The number of carbonyl (C=O) groups excluding carboxylic acids is 1. The highest BCUT2D eigenvalue weighted by atomic mass is 79.9. The molecule has 15 heavy (non-hydrogen) atoms. The SMILES string of the molecule is COC(CNC(=O)c1sccc1Br)OC. The van der Waals surface area contributed by atoms with E-state index < -0.39 is 6.29 Å². The maximum atomic E-state index is 11.6. The molecule has 0 aliphatic carbocycles. The molecule has 0 aliphatic heterocycles. The summed E-state index contributed by atoms with van der Waals surface area (Å²) in [5, 5.41) is 4.57. The number of nitrogens with one attached hydrogen (secondary N) is 1. The van der Waals surface area contributed by atoms with Crippen molar-refractivity contribution in [3.63, 3.8) is 0 Å². The van der Waals surface area contributed by atoms with Crippen molar-refractivity contribution in [3.05, 3.63) is 20.8 Å². The Morgan fingerprint density at radius 3 is 2.73 bits per heavy atom. The highest BCUT2D eigenvalue weighted by Crippen LogP contribution is 2.22. The Hall–Kier alpha value is -0.430. The molecule has 1 aromatic heterocycles. The number of thiophene rings is 1. The van der Waals surface area contributed by atoms with Gasteiger partial charge in [-0.2, -0.15) is 0 Å². The van der Waals surface area contributed by atoms with Gasteiger partial charge in [0, 0.05) is 18.7 Å². The average Bonchev–Trinajstić information content (AvgIpc) is 2.66. The smallest absolute Gasteiger partial charge is 0.262 e. The van der Waals surface area contributed by atoms with Crippen LogP contribution in [-0.2, 0) is 9.47 Å². The van der Waals surface area contributed by atoms with E-state index in [1.807, 2.05) is 11.4 Å². The second kappa shape index (κ2) is 6.22.